The maximum absolute atomic E-state index is 11.9. The van der Waals surface area contributed by atoms with Gasteiger partial charge in [0.15, 0.2) is 0 Å². The monoisotopic (exact) mass is 255 g/mol. The highest BCUT2D eigenvalue weighted by molar-refractivity contribution is 5.68. The van der Waals surface area contributed by atoms with Crippen molar-refractivity contribution >= 4 is 6.09 Å². The van der Waals surface area contributed by atoms with E-state index in [-0.39, 0.29) is 17.6 Å². The minimum absolute atomic E-state index is 0.0819. The van der Waals surface area contributed by atoms with Crippen molar-refractivity contribution in [1.29, 1.82) is 0 Å². The molecule has 0 radical (unpaired) electrons. The normalized spacial score (nSPS) is 27.6. The van der Waals surface area contributed by atoms with Crippen LogP contribution in [0.5, 0.6) is 0 Å². The molecule has 0 aromatic carbocycles. The van der Waals surface area contributed by atoms with Gasteiger partial charge in [-0.3, -0.25) is 0 Å². The van der Waals surface area contributed by atoms with Crippen LogP contribution in [0, 0.1) is 5.41 Å². The Labute approximate surface area is 109 Å². The number of carbonyl (C=O) groups is 1. The van der Waals surface area contributed by atoms with Gasteiger partial charge in [0.05, 0.1) is 6.10 Å². The molecular weight excluding hydrogens is 230 g/mol. The largest absolute Gasteiger partial charge is 0.444 e. The molecule has 2 fully saturated rings. The first-order valence-electron chi connectivity index (χ1n) is 6.98. The van der Waals surface area contributed by atoms with Gasteiger partial charge in [-0.15, -0.1) is 0 Å². The summed E-state index contributed by atoms with van der Waals surface area (Å²) in [6.07, 6.45) is 4.58. The molecule has 1 heterocycles. The number of hydrogen-bond acceptors (Lipinski definition) is 3. The number of amides is 1. The van der Waals surface area contributed by atoms with Gasteiger partial charge in [-0.2, -0.15) is 0 Å². The highest BCUT2D eigenvalue weighted by atomic mass is 16.6. The summed E-state index contributed by atoms with van der Waals surface area (Å²) in [5, 5.41) is 10.1. The number of ether oxygens (including phenoxy) is 1. The fraction of sp³-hybridized carbons (Fsp3) is 0.929. The molecule has 18 heavy (non-hydrogen) atoms. The molecule has 104 valence electrons. The molecule has 2 rings (SSSR count). The van der Waals surface area contributed by atoms with Gasteiger partial charge >= 0.3 is 6.09 Å². The van der Waals surface area contributed by atoms with Crippen LogP contribution in [-0.4, -0.2) is 40.9 Å². The molecular formula is C14H25NO3. The fourth-order valence-corrected chi connectivity index (χ4v) is 3.16. The molecule has 1 atom stereocenters. The zero-order chi connectivity index (χ0) is 13.4. The van der Waals surface area contributed by atoms with Crippen molar-refractivity contribution in [2.45, 2.75) is 64.6 Å². The van der Waals surface area contributed by atoms with Gasteiger partial charge in [-0.1, -0.05) is 6.42 Å². The van der Waals surface area contributed by atoms with E-state index >= 15 is 0 Å². The van der Waals surface area contributed by atoms with Crippen molar-refractivity contribution in [2.24, 2.45) is 5.41 Å². The number of piperidine rings is 1. The van der Waals surface area contributed by atoms with E-state index in [9.17, 15) is 9.90 Å². The second kappa shape index (κ2) is 4.72. The summed E-state index contributed by atoms with van der Waals surface area (Å²) in [5.74, 6) is 0. The Hall–Kier alpha value is -0.770. The van der Waals surface area contributed by atoms with Crippen LogP contribution < -0.4 is 0 Å². The Morgan fingerprint density at radius 3 is 2.33 bits per heavy atom. The molecule has 4 heteroatoms. The predicted octanol–water partition coefficient (Wildman–Crippen LogP) is 2.55. The van der Waals surface area contributed by atoms with E-state index in [1.165, 1.54) is 0 Å². The molecule has 1 spiro atoms. The SMILES string of the molecule is CC(C)(C)OC(=O)N1CCC2(CCC[C@@H]2O)CC1. The lowest BCUT2D eigenvalue weighted by molar-refractivity contribution is -0.0181. The number of hydrogen-bond donors (Lipinski definition) is 1. The van der Waals surface area contributed by atoms with E-state index < -0.39 is 5.60 Å². The lowest BCUT2D eigenvalue weighted by Gasteiger charge is -2.41. The summed E-state index contributed by atoms with van der Waals surface area (Å²) in [6, 6.07) is 0. The number of carbonyl (C=O) groups excluding carboxylic acids is 1. The summed E-state index contributed by atoms with van der Waals surface area (Å²) in [7, 11) is 0. The minimum atomic E-state index is -0.431. The van der Waals surface area contributed by atoms with Gasteiger partial charge in [-0.25, -0.2) is 4.79 Å². The van der Waals surface area contributed by atoms with Crippen molar-refractivity contribution in [3.63, 3.8) is 0 Å². The van der Waals surface area contributed by atoms with Gasteiger partial charge in [0.25, 0.3) is 0 Å². The Morgan fingerprint density at radius 2 is 1.89 bits per heavy atom. The molecule has 0 unspecified atom stereocenters. The molecule has 1 amide bonds. The van der Waals surface area contributed by atoms with Gasteiger partial charge in [0.2, 0.25) is 0 Å². The summed E-state index contributed by atoms with van der Waals surface area (Å²) in [4.78, 5) is 13.7. The molecule has 0 bridgehead atoms. The van der Waals surface area contributed by atoms with Crippen LogP contribution in [0.25, 0.3) is 0 Å². The maximum atomic E-state index is 11.9. The predicted molar refractivity (Wildman–Crippen MR) is 69.3 cm³/mol. The average molecular weight is 255 g/mol. The van der Waals surface area contributed by atoms with Crippen LogP contribution in [0.2, 0.25) is 0 Å². The molecule has 2 aliphatic rings. The van der Waals surface area contributed by atoms with Crippen LogP contribution >= 0.6 is 0 Å². The minimum Gasteiger partial charge on any atom is -0.444 e. The number of rotatable bonds is 0. The van der Waals surface area contributed by atoms with Gasteiger partial charge in [0, 0.05) is 13.1 Å². The second-order valence-corrected chi connectivity index (χ2v) is 6.74. The fourth-order valence-electron chi connectivity index (χ4n) is 3.16. The molecule has 1 N–H and O–H groups in total. The van der Waals surface area contributed by atoms with Crippen LogP contribution in [0.4, 0.5) is 4.79 Å². The van der Waals surface area contributed by atoms with Crippen molar-refractivity contribution in [3.05, 3.63) is 0 Å². The van der Waals surface area contributed by atoms with Crippen LogP contribution in [-0.2, 0) is 4.74 Å². The zero-order valence-electron chi connectivity index (χ0n) is 11.7. The smallest absolute Gasteiger partial charge is 0.410 e. The summed E-state index contributed by atoms with van der Waals surface area (Å²) >= 11 is 0. The van der Waals surface area contributed by atoms with Gasteiger partial charge in [-0.05, 0) is 51.9 Å². The van der Waals surface area contributed by atoms with E-state index in [1.54, 1.807) is 4.90 Å². The first-order valence-corrected chi connectivity index (χ1v) is 6.98. The molecule has 4 nitrogen and oxygen atoms in total. The van der Waals surface area contributed by atoms with Crippen molar-refractivity contribution < 1.29 is 14.6 Å². The Balaban J connectivity index is 1.89. The van der Waals surface area contributed by atoms with Crippen LogP contribution in [0.15, 0.2) is 0 Å². The third-order valence-corrected chi connectivity index (χ3v) is 4.27. The number of nitrogens with zero attached hydrogens (tertiary/aromatic N) is 1. The first kappa shape index (κ1) is 13.7. The van der Waals surface area contributed by atoms with Crippen molar-refractivity contribution in [2.75, 3.05) is 13.1 Å². The third-order valence-electron chi connectivity index (χ3n) is 4.27. The number of aliphatic hydroxyl groups excluding tert-OH is 1. The number of aliphatic hydroxyl groups is 1. The molecule has 1 aliphatic carbocycles. The van der Waals surface area contributed by atoms with Crippen molar-refractivity contribution in [3.8, 4) is 0 Å². The maximum Gasteiger partial charge on any atom is 0.410 e. The quantitative estimate of drug-likeness (QED) is 0.723. The molecule has 1 saturated heterocycles. The summed E-state index contributed by atoms with van der Waals surface area (Å²) < 4.78 is 5.38. The third kappa shape index (κ3) is 2.79. The standard InChI is InChI=1S/C14H25NO3/c1-13(2,3)18-12(17)15-9-7-14(8-10-15)6-4-5-11(14)16/h11,16H,4-10H2,1-3H3/t11-/m0/s1. The Kier molecular flexibility index (Phi) is 3.58. The zero-order valence-corrected chi connectivity index (χ0v) is 11.7. The van der Waals surface area contributed by atoms with E-state index in [0.29, 0.717) is 13.1 Å². The van der Waals surface area contributed by atoms with E-state index in [0.717, 1.165) is 32.1 Å². The summed E-state index contributed by atoms with van der Waals surface area (Å²) in [6.45, 7) is 7.09. The topological polar surface area (TPSA) is 49.8 Å². The average Bonchev–Trinajstić information content (AvgIpc) is 2.59. The molecule has 0 aromatic rings. The van der Waals surface area contributed by atoms with Crippen LogP contribution in [0.3, 0.4) is 0 Å². The Morgan fingerprint density at radius 1 is 1.28 bits per heavy atom. The lowest BCUT2D eigenvalue weighted by Crippen LogP contribution is -2.47. The van der Waals surface area contributed by atoms with Crippen molar-refractivity contribution in [1.82, 2.24) is 4.90 Å². The van der Waals surface area contributed by atoms with E-state index in [4.69, 9.17) is 4.74 Å². The van der Waals surface area contributed by atoms with Gasteiger partial charge in [0.1, 0.15) is 5.60 Å². The molecule has 0 aromatic heterocycles. The highest BCUT2D eigenvalue weighted by Gasteiger charge is 2.44. The Bertz CT molecular complexity index is 313. The van der Waals surface area contributed by atoms with Crippen LogP contribution in [0.1, 0.15) is 52.9 Å². The van der Waals surface area contributed by atoms with E-state index in [2.05, 4.69) is 0 Å². The highest BCUT2D eigenvalue weighted by Crippen LogP contribution is 2.46. The first-order chi connectivity index (χ1) is 8.32. The molecule has 1 aliphatic heterocycles. The lowest BCUT2D eigenvalue weighted by atomic mass is 9.75. The van der Waals surface area contributed by atoms with Gasteiger partial charge < -0.3 is 14.7 Å². The number of likely N-dealkylation sites (tertiary alicyclic amines) is 1. The van der Waals surface area contributed by atoms with E-state index in [1.807, 2.05) is 20.8 Å². The molecule has 1 saturated carbocycles. The second-order valence-electron chi connectivity index (χ2n) is 6.74. The summed E-state index contributed by atoms with van der Waals surface area (Å²) in [5.41, 5.74) is -0.350.